The molecule has 1 heterocycles. The molecule has 78 valence electrons. The van der Waals surface area contributed by atoms with Gasteiger partial charge in [0.15, 0.2) is 0 Å². The van der Waals surface area contributed by atoms with Crippen molar-refractivity contribution in [3.05, 3.63) is 36.0 Å². The van der Waals surface area contributed by atoms with Gasteiger partial charge in [-0.05, 0) is 11.6 Å². The van der Waals surface area contributed by atoms with Crippen LogP contribution in [0.2, 0.25) is 0 Å². The van der Waals surface area contributed by atoms with Gasteiger partial charge >= 0.3 is 5.97 Å². The van der Waals surface area contributed by atoms with E-state index >= 15 is 0 Å². The van der Waals surface area contributed by atoms with Gasteiger partial charge in [0, 0.05) is 23.5 Å². The van der Waals surface area contributed by atoms with Gasteiger partial charge in [0.1, 0.15) is 6.04 Å². The predicted octanol–water partition coefficient (Wildman–Crippen LogP) is 1.12. The molecule has 0 radical (unpaired) electrons. The summed E-state index contributed by atoms with van der Waals surface area (Å²) in [5, 5.41) is 9.75. The van der Waals surface area contributed by atoms with Crippen LogP contribution in [0, 0.1) is 0 Å². The van der Waals surface area contributed by atoms with Crippen LogP contribution in [-0.4, -0.2) is 22.1 Å². The average molecular weight is 207 g/mol. The Balaban J connectivity index is 2.32. The number of aromatic nitrogens is 1. The monoisotopic (exact) mass is 207 g/mol. The highest BCUT2D eigenvalue weighted by molar-refractivity contribution is 5.84. The lowest BCUT2D eigenvalue weighted by molar-refractivity contribution is -0.138. The molecule has 0 fully saturated rings. The van der Waals surface area contributed by atoms with Crippen molar-refractivity contribution >= 4 is 16.9 Å². The Labute approximate surface area is 86.7 Å². The Hall–Kier alpha value is -1.81. The molecule has 1 unspecified atom stereocenters. The van der Waals surface area contributed by atoms with Crippen molar-refractivity contribution in [2.24, 2.45) is 5.73 Å². The molecule has 0 saturated heterocycles. The lowest BCUT2D eigenvalue weighted by atomic mass is 10.2. The molecular formula is C11H12N2O2. The number of fused-ring (bicyclic) bond motifs is 1. The fourth-order valence-electron chi connectivity index (χ4n) is 1.62. The molecule has 1 aromatic carbocycles. The summed E-state index contributed by atoms with van der Waals surface area (Å²) >= 11 is 0. The Bertz CT molecular complexity index is 490. The van der Waals surface area contributed by atoms with Gasteiger partial charge in [0.05, 0.1) is 0 Å². The minimum atomic E-state index is -0.972. The van der Waals surface area contributed by atoms with Crippen molar-refractivity contribution in [2.45, 2.75) is 12.5 Å². The van der Waals surface area contributed by atoms with Crippen LogP contribution >= 0.6 is 0 Å². The number of hydrogen-bond donors (Lipinski definition) is 3. The minimum Gasteiger partial charge on any atom is -0.480 e. The van der Waals surface area contributed by atoms with Crippen molar-refractivity contribution in [2.75, 3.05) is 0 Å². The lowest BCUT2D eigenvalue weighted by Gasteiger charge is -2.04. The molecule has 4 heteroatoms. The summed E-state index contributed by atoms with van der Waals surface area (Å²) in [6, 6.07) is 6.91. The standard InChI is InChI=1S/C11H12N2O2/c12-9(11(14)15)5-7-6-13-10-4-2-1-3-8(7)10/h1-4,6,9,13H,5,12H2,(H,14,15)/i5+1,9+1,12+1. The van der Waals surface area contributed by atoms with Crippen LogP contribution in [0.1, 0.15) is 5.56 Å². The van der Waals surface area contributed by atoms with Crippen LogP contribution in [0.3, 0.4) is 0 Å². The molecule has 0 aliphatic carbocycles. The van der Waals surface area contributed by atoms with Gasteiger partial charge in [-0.15, -0.1) is 0 Å². The Kier molecular flexibility index (Phi) is 2.43. The Morgan fingerprint density at radius 3 is 2.93 bits per heavy atom. The van der Waals surface area contributed by atoms with Crippen molar-refractivity contribution in [3.8, 4) is 0 Å². The van der Waals surface area contributed by atoms with Gasteiger partial charge < -0.3 is 15.8 Å². The highest BCUT2D eigenvalue weighted by atomic mass is 16.4. The average Bonchev–Trinajstić information content (AvgIpc) is 2.62. The third-order valence-electron chi connectivity index (χ3n) is 2.43. The van der Waals surface area contributed by atoms with E-state index in [0.717, 1.165) is 16.5 Å². The van der Waals surface area contributed by atoms with E-state index < -0.39 is 12.0 Å². The third-order valence-corrected chi connectivity index (χ3v) is 2.43. The van der Waals surface area contributed by atoms with Crippen LogP contribution in [0.4, 0.5) is 0 Å². The molecule has 15 heavy (non-hydrogen) atoms. The number of carboxylic acid groups (broad SMARTS) is 1. The zero-order valence-corrected chi connectivity index (χ0v) is 8.10. The lowest BCUT2D eigenvalue weighted by Crippen LogP contribution is -2.32. The second-order valence-corrected chi connectivity index (χ2v) is 3.51. The van der Waals surface area contributed by atoms with E-state index in [1.165, 1.54) is 0 Å². The van der Waals surface area contributed by atoms with E-state index in [0.29, 0.717) is 6.42 Å². The summed E-state index contributed by atoms with van der Waals surface area (Å²) < 4.78 is 0. The molecule has 0 spiro atoms. The van der Waals surface area contributed by atoms with Gasteiger partial charge in [-0.2, -0.15) is 0 Å². The smallest absolute Gasteiger partial charge is 0.320 e. The first-order chi connectivity index (χ1) is 7.18. The predicted molar refractivity (Wildman–Crippen MR) is 57.6 cm³/mol. The summed E-state index contributed by atoms with van der Waals surface area (Å²) in [5.41, 5.74) is 7.43. The first kappa shape index (κ1) is 9.73. The summed E-state index contributed by atoms with van der Waals surface area (Å²) in [6.45, 7) is 0. The van der Waals surface area contributed by atoms with Crippen LogP contribution < -0.4 is 5.73 Å². The molecule has 0 amide bonds. The summed E-state index contributed by atoms with van der Waals surface area (Å²) in [5.74, 6) is -0.972. The number of aliphatic carboxylic acids is 1. The number of rotatable bonds is 3. The Morgan fingerprint density at radius 1 is 1.47 bits per heavy atom. The maximum atomic E-state index is 10.6. The number of carbonyl (C=O) groups is 1. The molecule has 0 bridgehead atoms. The quantitative estimate of drug-likeness (QED) is 0.521. The summed E-state index contributed by atoms with van der Waals surface area (Å²) in [6.07, 6.45) is 2.16. The molecule has 2 rings (SSSR count). The van der Waals surface area contributed by atoms with Crippen LogP contribution in [-0.2, 0) is 11.2 Å². The molecule has 0 saturated carbocycles. The number of H-pyrrole nitrogens is 1. The minimum absolute atomic E-state index is 0.347. The number of nitrogens with one attached hydrogen (secondary N) is 1. The number of carboxylic acids is 1. The molecule has 4 N–H and O–H groups in total. The second-order valence-electron chi connectivity index (χ2n) is 3.51. The van der Waals surface area contributed by atoms with Gasteiger partial charge in [-0.25, -0.2) is 0 Å². The fourth-order valence-corrected chi connectivity index (χ4v) is 1.62. The highest BCUT2D eigenvalue weighted by Gasteiger charge is 2.14. The van der Waals surface area contributed by atoms with Crippen molar-refractivity contribution in [3.63, 3.8) is 0 Å². The largest absolute Gasteiger partial charge is 0.480 e. The first-order valence-electron chi connectivity index (χ1n) is 4.72. The van der Waals surface area contributed by atoms with E-state index in [1.54, 1.807) is 0 Å². The first-order valence-corrected chi connectivity index (χ1v) is 4.72. The molecular weight excluding hydrogens is 195 g/mol. The number of benzene rings is 1. The van der Waals surface area contributed by atoms with Crippen LogP contribution in [0.5, 0.6) is 0 Å². The molecule has 4 nitrogen and oxygen atoms in total. The zero-order valence-electron chi connectivity index (χ0n) is 8.10. The normalized spacial score (nSPS) is 12.9. The van der Waals surface area contributed by atoms with E-state index in [-0.39, 0.29) is 0 Å². The van der Waals surface area contributed by atoms with E-state index in [4.69, 9.17) is 10.8 Å². The third kappa shape index (κ3) is 1.85. The van der Waals surface area contributed by atoms with Crippen molar-refractivity contribution < 1.29 is 9.90 Å². The second kappa shape index (κ2) is 3.74. The maximum absolute atomic E-state index is 10.6. The number of hydrogen-bond acceptors (Lipinski definition) is 2. The van der Waals surface area contributed by atoms with Crippen molar-refractivity contribution in [1.82, 2.24) is 4.98 Å². The van der Waals surface area contributed by atoms with Gasteiger partial charge in [0.2, 0.25) is 0 Å². The molecule has 0 aliphatic heterocycles. The van der Waals surface area contributed by atoms with Crippen molar-refractivity contribution in [1.29, 1.82) is 0 Å². The summed E-state index contributed by atoms with van der Waals surface area (Å²) in [7, 11) is 0. The van der Waals surface area contributed by atoms with E-state index in [9.17, 15) is 4.79 Å². The van der Waals surface area contributed by atoms with E-state index in [1.807, 2.05) is 30.5 Å². The van der Waals surface area contributed by atoms with Gasteiger partial charge in [0.25, 0.3) is 0 Å². The van der Waals surface area contributed by atoms with Gasteiger partial charge in [-0.1, -0.05) is 18.2 Å². The Morgan fingerprint density at radius 2 is 2.20 bits per heavy atom. The van der Waals surface area contributed by atoms with E-state index in [2.05, 4.69) is 4.98 Å². The van der Waals surface area contributed by atoms with Gasteiger partial charge in [-0.3, -0.25) is 4.79 Å². The zero-order chi connectivity index (χ0) is 10.8. The molecule has 2 aromatic rings. The van der Waals surface area contributed by atoms with Crippen LogP contribution in [0.15, 0.2) is 30.5 Å². The number of aromatic amines is 1. The van der Waals surface area contributed by atoms with Crippen LogP contribution in [0.25, 0.3) is 10.9 Å². The maximum Gasteiger partial charge on any atom is 0.320 e. The topological polar surface area (TPSA) is 79.1 Å². The summed E-state index contributed by atoms with van der Waals surface area (Å²) in [4.78, 5) is 13.7. The SMILES string of the molecule is [15NH2][13CH]([13CH2]c1c[nH]c2ccccc12)C(=O)O. The molecule has 0 aliphatic rings. The molecule has 1 atom stereocenters. The molecule has 1 aromatic heterocycles. The number of para-hydroxylation sites is 1. The highest BCUT2D eigenvalue weighted by Crippen LogP contribution is 2.18. The fraction of sp³-hybridized carbons (Fsp3) is 0.182. The number of nitrogens with two attached hydrogens (primary N) is 1.